The van der Waals surface area contributed by atoms with E-state index in [1.54, 1.807) is 0 Å². The summed E-state index contributed by atoms with van der Waals surface area (Å²) in [6.45, 7) is 4.42. The molecule has 0 amide bonds. The van der Waals surface area contributed by atoms with Crippen LogP contribution >= 0.6 is 0 Å². The zero-order chi connectivity index (χ0) is 25.9. The minimum absolute atomic E-state index is 0.100. The molecule has 0 unspecified atom stereocenters. The molecule has 0 aromatic heterocycles. The van der Waals surface area contributed by atoms with Crippen molar-refractivity contribution in [2.24, 2.45) is 11.8 Å². The molecule has 7 heteroatoms. The van der Waals surface area contributed by atoms with Gasteiger partial charge >= 0.3 is 11.9 Å². The van der Waals surface area contributed by atoms with Crippen molar-refractivity contribution in [1.82, 2.24) is 0 Å². The van der Waals surface area contributed by atoms with Gasteiger partial charge in [0, 0.05) is 0 Å². The quantitative estimate of drug-likeness (QED) is 0.169. The number of carbonyl (C=O) groups excluding carboxylic acids is 2. The summed E-state index contributed by atoms with van der Waals surface area (Å²) in [5.41, 5.74) is -0.531. The van der Waals surface area contributed by atoms with E-state index in [1.807, 2.05) is 6.92 Å². The van der Waals surface area contributed by atoms with Crippen LogP contribution in [0.3, 0.4) is 0 Å². The van der Waals surface area contributed by atoms with Gasteiger partial charge in [-0.25, -0.2) is 9.18 Å². The molecule has 1 saturated carbocycles. The first-order chi connectivity index (χ1) is 17.4. The molecule has 0 saturated heterocycles. The first kappa shape index (κ1) is 27.6. The van der Waals surface area contributed by atoms with Crippen molar-refractivity contribution in [2.75, 3.05) is 6.61 Å². The predicted octanol–water partition coefficient (Wildman–Crippen LogP) is 7.66. The summed E-state index contributed by atoms with van der Waals surface area (Å²) in [7, 11) is 0. The smallest absolute Gasteiger partial charge is 0.346 e. The molecule has 3 rings (SSSR count). The predicted molar refractivity (Wildman–Crippen MR) is 133 cm³/mol. The number of halogens is 2. The Hall–Kier alpha value is -2.96. The van der Waals surface area contributed by atoms with E-state index in [0.717, 1.165) is 38.2 Å². The van der Waals surface area contributed by atoms with Crippen molar-refractivity contribution >= 4 is 11.9 Å². The van der Waals surface area contributed by atoms with Crippen LogP contribution in [0.2, 0.25) is 0 Å². The highest BCUT2D eigenvalue weighted by atomic mass is 19.2. The second-order valence-electron chi connectivity index (χ2n) is 9.44. The number of hydrogen-bond acceptors (Lipinski definition) is 5. The number of carbonyl (C=O) groups is 2. The van der Waals surface area contributed by atoms with E-state index < -0.39 is 23.2 Å². The third kappa shape index (κ3) is 7.77. The van der Waals surface area contributed by atoms with Crippen LogP contribution in [0.5, 0.6) is 17.2 Å². The maximum atomic E-state index is 14.4. The number of ether oxygens (including phenoxy) is 3. The van der Waals surface area contributed by atoms with Crippen LogP contribution in [0.1, 0.15) is 88.4 Å². The summed E-state index contributed by atoms with van der Waals surface area (Å²) in [6, 6.07) is 8.27. The zero-order valence-electron chi connectivity index (χ0n) is 21.2. The SMILES string of the molecule is CCCCCC1CCC(C(=O)Oc2ccc(OC(=O)c3ccc(OCCCC)c(F)c3F)cc2)CC1. The van der Waals surface area contributed by atoms with E-state index >= 15 is 0 Å². The summed E-state index contributed by atoms with van der Waals surface area (Å²) in [6.07, 6.45) is 10.3. The van der Waals surface area contributed by atoms with E-state index in [-0.39, 0.29) is 30.0 Å². The largest absolute Gasteiger partial charge is 0.490 e. The highest BCUT2D eigenvalue weighted by Crippen LogP contribution is 2.33. The lowest BCUT2D eigenvalue weighted by Gasteiger charge is -2.27. The first-order valence-corrected chi connectivity index (χ1v) is 13.1. The number of hydrogen-bond donors (Lipinski definition) is 0. The fourth-order valence-electron chi connectivity index (χ4n) is 4.43. The Kier molecular flexibility index (Phi) is 10.7. The molecular formula is C29H36F2O5. The molecule has 0 heterocycles. The topological polar surface area (TPSA) is 61.8 Å². The molecular weight excluding hydrogens is 466 g/mol. The fourth-order valence-corrected chi connectivity index (χ4v) is 4.43. The molecule has 36 heavy (non-hydrogen) atoms. The van der Waals surface area contributed by atoms with Crippen molar-refractivity contribution in [2.45, 2.75) is 78.1 Å². The minimum atomic E-state index is -1.32. The molecule has 1 aliphatic rings. The summed E-state index contributed by atoms with van der Waals surface area (Å²) in [5, 5.41) is 0. The van der Waals surface area contributed by atoms with Crippen LogP contribution in [-0.2, 0) is 4.79 Å². The Morgan fingerprint density at radius 2 is 1.44 bits per heavy atom. The molecule has 5 nitrogen and oxygen atoms in total. The lowest BCUT2D eigenvalue weighted by Crippen LogP contribution is -2.25. The standard InChI is InChI=1S/C29H36F2O5/c1-3-5-7-8-20-9-11-21(12-10-20)28(32)35-22-13-15-23(16-14-22)36-29(33)24-17-18-25(27(31)26(24)30)34-19-6-4-2/h13-18,20-21H,3-12,19H2,1-2H3. The second kappa shape index (κ2) is 14.0. The van der Waals surface area contributed by atoms with Crippen LogP contribution < -0.4 is 14.2 Å². The Labute approximate surface area is 212 Å². The Balaban J connectivity index is 1.50. The van der Waals surface area contributed by atoms with E-state index in [0.29, 0.717) is 18.1 Å². The lowest BCUT2D eigenvalue weighted by atomic mass is 9.80. The minimum Gasteiger partial charge on any atom is -0.490 e. The van der Waals surface area contributed by atoms with Gasteiger partial charge in [0.25, 0.3) is 0 Å². The molecule has 196 valence electrons. The van der Waals surface area contributed by atoms with E-state index in [2.05, 4.69) is 6.92 Å². The van der Waals surface area contributed by atoms with Gasteiger partial charge in [-0.2, -0.15) is 4.39 Å². The van der Waals surface area contributed by atoms with Crippen LogP contribution in [0, 0.1) is 23.5 Å². The van der Waals surface area contributed by atoms with Crippen LogP contribution in [0.4, 0.5) is 8.78 Å². The third-order valence-electron chi connectivity index (χ3n) is 6.67. The molecule has 0 N–H and O–H groups in total. The summed E-state index contributed by atoms with van der Waals surface area (Å²) in [4.78, 5) is 24.9. The van der Waals surface area contributed by atoms with E-state index in [4.69, 9.17) is 14.2 Å². The van der Waals surface area contributed by atoms with Crippen LogP contribution in [-0.4, -0.2) is 18.5 Å². The lowest BCUT2D eigenvalue weighted by molar-refractivity contribution is -0.140. The van der Waals surface area contributed by atoms with E-state index in [9.17, 15) is 18.4 Å². The maximum absolute atomic E-state index is 14.4. The molecule has 0 spiro atoms. The average molecular weight is 503 g/mol. The number of esters is 2. The highest BCUT2D eigenvalue weighted by molar-refractivity contribution is 5.91. The fraction of sp³-hybridized carbons (Fsp3) is 0.517. The highest BCUT2D eigenvalue weighted by Gasteiger charge is 2.27. The van der Waals surface area contributed by atoms with Crippen molar-refractivity contribution in [1.29, 1.82) is 0 Å². The monoisotopic (exact) mass is 502 g/mol. The van der Waals surface area contributed by atoms with Crippen molar-refractivity contribution < 1.29 is 32.6 Å². The molecule has 0 radical (unpaired) electrons. The average Bonchev–Trinajstić information content (AvgIpc) is 2.88. The van der Waals surface area contributed by atoms with E-state index in [1.165, 1.54) is 56.0 Å². The first-order valence-electron chi connectivity index (χ1n) is 13.1. The molecule has 0 aliphatic heterocycles. The number of unbranched alkanes of at least 4 members (excludes halogenated alkanes) is 3. The van der Waals surface area contributed by atoms with Gasteiger partial charge in [0.15, 0.2) is 11.6 Å². The summed E-state index contributed by atoms with van der Waals surface area (Å²) in [5.74, 6) is -3.00. The van der Waals surface area contributed by atoms with Gasteiger partial charge in [-0.15, -0.1) is 0 Å². The number of benzene rings is 2. The van der Waals surface area contributed by atoms with Crippen LogP contribution in [0.25, 0.3) is 0 Å². The van der Waals surface area contributed by atoms with Gasteiger partial charge in [-0.1, -0.05) is 46.0 Å². The molecule has 0 bridgehead atoms. The molecule has 2 aromatic rings. The zero-order valence-corrected chi connectivity index (χ0v) is 21.2. The van der Waals surface area contributed by atoms with Crippen molar-refractivity contribution in [3.8, 4) is 17.2 Å². The maximum Gasteiger partial charge on any atom is 0.346 e. The van der Waals surface area contributed by atoms with Gasteiger partial charge in [0.05, 0.1) is 18.1 Å². The second-order valence-corrected chi connectivity index (χ2v) is 9.44. The molecule has 0 atom stereocenters. The van der Waals surface area contributed by atoms with Gasteiger partial charge in [0.2, 0.25) is 5.82 Å². The molecule has 2 aromatic carbocycles. The third-order valence-corrected chi connectivity index (χ3v) is 6.67. The van der Waals surface area contributed by atoms with Gasteiger partial charge in [-0.3, -0.25) is 4.79 Å². The Morgan fingerprint density at radius 3 is 2.08 bits per heavy atom. The summed E-state index contributed by atoms with van der Waals surface area (Å²) < 4.78 is 44.6. The van der Waals surface area contributed by atoms with Crippen LogP contribution in [0.15, 0.2) is 36.4 Å². The molecule has 1 aliphatic carbocycles. The number of rotatable bonds is 12. The van der Waals surface area contributed by atoms with Gasteiger partial charge < -0.3 is 14.2 Å². The van der Waals surface area contributed by atoms with Crippen molar-refractivity contribution in [3.63, 3.8) is 0 Å². The van der Waals surface area contributed by atoms with Crippen molar-refractivity contribution in [3.05, 3.63) is 53.6 Å². The summed E-state index contributed by atoms with van der Waals surface area (Å²) >= 11 is 0. The normalized spacial score (nSPS) is 17.4. The van der Waals surface area contributed by atoms with Gasteiger partial charge in [-0.05, 0) is 74.4 Å². The Morgan fingerprint density at radius 1 is 0.806 bits per heavy atom. The Bertz CT molecular complexity index is 997. The molecule has 1 fully saturated rings. The van der Waals surface area contributed by atoms with Gasteiger partial charge in [0.1, 0.15) is 11.5 Å².